The molecule has 1 fully saturated rings. The lowest BCUT2D eigenvalue weighted by Crippen LogP contribution is -2.35. The Hall–Kier alpha value is -1.30. The van der Waals surface area contributed by atoms with Gasteiger partial charge < -0.3 is 9.84 Å². The van der Waals surface area contributed by atoms with Gasteiger partial charge in [-0.3, -0.25) is 0 Å². The van der Waals surface area contributed by atoms with E-state index in [1.165, 1.54) is 24.8 Å². The van der Waals surface area contributed by atoms with Gasteiger partial charge in [-0.15, -0.1) is 0 Å². The summed E-state index contributed by atoms with van der Waals surface area (Å²) < 4.78 is 6.04. The van der Waals surface area contributed by atoms with Crippen molar-refractivity contribution in [3.8, 4) is 11.8 Å². The lowest BCUT2D eigenvalue weighted by Gasteiger charge is -2.38. The van der Waals surface area contributed by atoms with E-state index in [1.807, 2.05) is 6.07 Å². The van der Waals surface area contributed by atoms with Gasteiger partial charge in [-0.2, -0.15) is 0 Å². The van der Waals surface area contributed by atoms with Gasteiger partial charge in [0, 0.05) is 5.41 Å². The molecule has 2 heteroatoms. The van der Waals surface area contributed by atoms with E-state index in [0.29, 0.717) is 12.5 Å². The van der Waals surface area contributed by atoms with Gasteiger partial charge in [-0.05, 0) is 49.5 Å². The fourth-order valence-corrected chi connectivity index (χ4v) is 4.08. The molecule has 0 aliphatic heterocycles. The highest BCUT2D eigenvalue weighted by atomic mass is 16.5. The average molecular weight is 371 g/mol. The summed E-state index contributed by atoms with van der Waals surface area (Å²) in [5.41, 5.74) is 1.25. The molecule has 0 aromatic heterocycles. The third kappa shape index (κ3) is 6.09. The van der Waals surface area contributed by atoms with Gasteiger partial charge >= 0.3 is 0 Å². The molecule has 0 amide bonds. The van der Waals surface area contributed by atoms with Crippen LogP contribution >= 0.6 is 0 Å². The number of ether oxygens (including phenoxy) is 1. The van der Waals surface area contributed by atoms with Crippen molar-refractivity contribution in [3.05, 3.63) is 35.9 Å². The number of hydrogen-bond acceptors (Lipinski definition) is 2. The summed E-state index contributed by atoms with van der Waals surface area (Å²) in [5.74, 6) is 7.14. The Balaban J connectivity index is 1.86. The zero-order valence-electron chi connectivity index (χ0n) is 17.8. The van der Waals surface area contributed by atoms with Gasteiger partial charge in [0.25, 0.3) is 0 Å². The van der Waals surface area contributed by atoms with Gasteiger partial charge in [0.1, 0.15) is 6.10 Å². The molecule has 1 aromatic rings. The van der Waals surface area contributed by atoms with Crippen LogP contribution in [-0.2, 0) is 11.3 Å². The van der Waals surface area contributed by atoms with E-state index in [9.17, 15) is 5.11 Å². The van der Waals surface area contributed by atoms with Crippen LogP contribution < -0.4 is 0 Å². The molecule has 1 N–H and O–H groups in total. The fraction of sp³-hybridized carbons (Fsp3) is 0.680. The second-order valence-electron chi connectivity index (χ2n) is 8.92. The van der Waals surface area contributed by atoms with E-state index < -0.39 is 6.10 Å². The van der Waals surface area contributed by atoms with Crippen molar-refractivity contribution < 1.29 is 9.84 Å². The Morgan fingerprint density at radius 3 is 2.59 bits per heavy atom. The molecule has 3 atom stereocenters. The van der Waals surface area contributed by atoms with E-state index in [0.717, 1.165) is 32.3 Å². The van der Waals surface area contributed by atoms with Crippen LogP contribution in [-0.4, -0.2) is 17.8 Å². The van der Waals surface area contributed by atoms with Crippen molar-refractivity contribution in [1.29, 1.82) is 0 Å². The van der Waals surface area contributed by atoms with Crippen LogP contribution in [0.4, 0.5) is 0 Å². The van der Waals surface area contributed by atoms with E-state index in [-0.39, 0.29) is 10.8 Å². The first-order valence-corrected chi connectivity index (χ1v) is 10.7. The first-order valence-electron chi connectivity index (χ1n) is 10.7. The molecule has 0 bridgehead atoms. The molecule has 1 aliphatic carbocycles. The molecule has 2 rings (SSSR count). The smallest absolute Gasteiger partial charge is 0.114 e. The predicted octanol–water partition coefficient (Wildman–Crippen LogP) is 5.98. The van der Waals surface area contributed by atoms with Gasteiger partial charge in [0.15, 0.2) is 0 Å². The van der Waals surface area contributed by atoms with E-state index in [4.69, 9.17) is 4.74 Å². The average Bonchev–Trinajstić information content (AvgIpc) is 2.88. The number of unbranched alkanes of at least 4 members (excludes halogenated alkanes) is 3. The molecule has 27 heavy (non-hydrogen) atoms. The molecule has 1 aromatic carbocycles. The van der Waals surface area contributed by atoms with Crippen LogP contribution in [0.2, 0.25) is 0 Å². The number of benzene rings is 1. The second kappa shape index (κ2) is 10.3. The predicted molar refractivity (Wildman–Crippen MR) is 113 cm³/mol. The Labute approximate surface area is 166 Å². The van der Waals surface area contributed by atoms with Crippen molar-refractivity contribution in [2.24, 2.45) is 16.7 Å². The normalized spacial score (nSPS) is 25.0. The summed E-state index contributed by atoms with van der Waals surface area (Å²) >= 11 is 0. The van der Waals surface area contributed by atoms with Crippen molar-refractivity contribution >= 4 is 0 Å². The largest absolute Gasteiger partial charge is 0.380 e. The highest BCUT2D eigenvalue weighted by Gasteiger charge is 2.50. The highest BCUT2D eigenvalue weighted by molar-refractivity contribution is 5.21. The maximum atomic E-state index is 10.2. The minimum atomic E-state index is -0.483. The molecule has 0 saturated heterocycles. The zero-order valence-corrected chi connectivity index (χ0v) is 17.8. The topological polar surface area (TPSA) is 29.5 Å². The molecule has 0 unspecified atom stereocenters. The maximum Gasteiger partial charge on any atom is 0.114 e. The molecular weight excluding hydrogens is 332 g/mol. The van der Waals surface area contributed by atoms with Gasteiger partial charge in [0.2, 0.25) is 0 Å². The molecule has 2 nitrogen and oxygen atoms in total. The van der Waals surface area contributed by atoms with E-state index in [1.54, 1.807) is 0 Å². The lowest BCUT2D eigenvalue weighted by molar-refractivity contribution is 0.0319. The number of rotatable bonds is 9. The van der Waals surface area contributed by atoms with E-state index >= 15 is 0 Å². The molecule has 150 valence electrons. The summed E-state index contributed by atoms with van der Waals surface area (Å²) in [5, 5.41) is 10.2. The number of hydrogen-bond donors (Lipinski definition) is 1. The van der Waals surface area contributed by atoms with Crippen LogP contribution in [0.25, 0.3) is 0 Å². The Morgan fingerprint density at radius 1 is 1.15 bits per heavy atom. The molecule has 1 aliphatic rings. The molecule has 0 spiro atoms. The SMILES string of the molecule is CCCCCC[C@H](O)C#C[C@]1(C)CC[C@H](COCc2ccccc2)C1(C)C. The number of aliphatic hydroxyl groups is 1. The highest BCUT2D eigenvalue weighted by Crippen LogP contribution is 2.55. The molecular formula is C25H38O2. The third-order valence-electron chi connectivity index (χ3n) is 6.71. The zero-order chi connectivity index (χ0) is 19.8. The van der Waals surface area contributed by atoms with Gasteiger partial charge in [-0.1, -0.05) is 82.2 Å². The van der Waals surface area contributed by atoms with Crippen LogP contribution in [0.5, 0.6) is 0 Å². The summed E-state index contributed by atoms with van der Waals surface area (Å²) in [4.78, 5) is 0. The molecule has 0 heterocycles. The minimum Gasteiger partial charge on any atom is -0.380 e. The summed E-state index contributed by atoms with van der Waals surface area (Å²) in [6.45, 7) is 10.6. The molecule has 1 saturated carbocycles. The molecule has 0 radical (unpaired) electrons. The first kappa shape index (κ1) is 22.0. The summed E-state index contributed by atoms with van der Waals surface area (Å²) in [6.07, 6.45) is 7.26. The Bertz CT molecular complexity index is 610. The van der Waals surface area contributed by atoms with Crippen molar-refractivity contribution in [3.63, 3.8) is 0 Å². The number of aliphatic hydroxyl groups excluding tert-OH is 1. The monoisotopic (exact) mass is 370 g/mol. The quantitative estimate of drug-likeness (QED) is 0.428. The standard InChI is InChI=1S/C25H38O2/c1-5-6-7-11-14-23(26)16-18-25(4)17-15-22(24(25,2)3)20-27-19-21-12-9-8-10-13-21/h8-10,12-13,22-23,26H,5-7,11,14-15,17,19-20H2,1-4H3/t22-,23+,25+/m1/s1. The van der Waals surface area contributed by atoms with Crippen LogP contribution in [0.3, 0.4) is 0 Å². The van der Waals surface area contributed by atoms with E-state index in [2.05, 4.69) is 63.8 Å². The van der Waals surface area contributed by atoms with Crippen LogP contribution in [0.15, 0.2) is 30.3 Å². The Morgan fingerprint density at radius 2 is 1.89 bits per heavy atom. The van der Waals surface area contributed by atoms with Gasteiger partial charge in [0.05, 0.1) is 13.2 Å². The first-order chi connectivity index (χ1) is 12.9. The van der Waals surface area contributed by atoms with Crippen LogP contribution in [0.1, 0.15) is 78.2 Å². The summed E-state index contributed by atoms with van der Waals surface area (Å²) in [6, 6.07) is 10.4. The maximum absolute atomic E-state index is 10.2. The van der Waals surface area contributed by atoms with Crippen LogP contribution in [0, 0.1) is 28.6 Å². The fourth-order valence-electron chi connectivity index (χ4n) is 4.08. The lowest BCUT2D eigenvalue weighted by atomic mass is 9.66. The van der Waals surface area contributed by atoms with Crippen molar-refractivity contribution in [1.82, 2.24) is 0 Å². The summed E-state index contributed by atoms with van der Waals surface area (Å²) in [7, 11) is 0. The van der Waals surface area contributed by atoms with Gasteiger partial charge in [-0.25, -0.2) is 0 Å². The Kier molecular flexibility index (Phi) is 8.39. The minimum absolute atomic E-state index is 0.0574. The third-order valence-corrected chi connectivity index (χ3v) is 6.71. The van der Waals surface area contributed by atoms with Crippen molar-refractivity contribution in [2.45, 2.75) is 85.4 Å². The second-order valence-corrected chi connectivity index (χ2v) is 8.92. The van der Waals surface area contributed by atoms with Crippen molar-refractivity contribution in [2.75, 3.05) is 6.61 Å².